The Morgan fingerprint density at radius 3 is 1.96 bits per heavy atom. The van der Waals surface area contributed by atoms with Gasteiger partial charge in [-0.05, 0) is 31.9 Å². The predicted molar refractivity (Wildman–Crippen MR) is 104 cm³/mol. The molecule has 0 atom stereocenters. The number of anilines is 2. The van der Waals surface area contributed by atoms with Gasteiger partial charge in [-0.25, -0.2) is 9.97 Å². The second kappa shape index (κ2) is 7.79. The van der Waals surface area contributed by atoms with Crippen molar-refractivity contribution in [3.05, 3.63) is 82.7 Å². The van der Waals surface area contributed by atoms with Crippen molar-refractivity contribution in [3.8, 4) is 0 Å². The molecular weight excluding hydrogens is 308 g/mol. The molecule has 1 heterocycles. The summed E-state index contributed by atoms with van der Waals surface area (Å²) in [4.78, 5) is 8.95. The minimum Gasteiger partial charge on any atom is -0.366 e. The highest BCUT2D eigenvalue weighted by molar-refractivity contribution is 5.48. The fourth-order valence-corrected chi connectivity index (χ4v) is 2.66. The number of aryl methyl sites for hydroxylation is 3. The first-order chi connectivity index (χ1) is 12.1. The van der Waals surface area contributed by atoms with Crippen LogP contribution in [0.1, 0.15) is 28.1 Å². The highest BCUT2D eigenvalue weighted by atomic mass is 15.1. The lowest BCUT2D eigenvalue weighted by Gasteiger charge is -2.11. The minimum absolute atomic E-state index is 0.744. The van der Waals surface area contributed by atoms with E-state index >= 15 is 0 Å². The summed E-state index contributed by atoms with van der Waals surface area (Å²) < 4.78 is 0. The van der Waals surface area contributed by atoms with Gasteiger partial charge >= 0.3 is 0 Å². The van der Waals surface area contributed by atoms with Crippen molar-refractivity contribution in [2.75, 3.05) is 10.6 Å². The molecule has 4 heteroatoms. The highest BCUT2D eigenvalue weighted by Gasteiger charge is 2.03. The van der Waals surface area contributed by atoms with Crippen molar-refractivity contribution in [1.82, 2.24) is 9.97 Å². The van der Waals surface area contributed by atoms with Crippen LogP contribution in [0.2, 0.25) is 0 Å². The molecule has 0 aliphatic rings. The van der Waals surface area contributed by atoms with Gasteiger partial charge in [0.1, 0.15) is 17.5 Å². The van der Waals surface area contributed by atoms with Crippen LogP contribution in [0.4, 0.5) is 11.6 Å². The maximum atomic E-state index is 4.48. The fourth-order valence-electron chi connectivity index (χ4n) is 2.66. The van der Waals surface area contributed by atoms with Gasteiger partial charge in [0.25, 0.3) is 0 Å². The van der Waals surface area contributed by atoms with E-state index in [4.69, 9.17) is 0 Å². The molecule has 3 aromatic rings. The van der Waals surface area contributed by atoms with E-state index in [0.717, 1.165) is 30.5 Å². The van der Waals surface area contributed by atoms with Crippen LogP contribution >= 0.6 is 0 Å². The van der Waals surface area contributed by atoms with Crippen molar-refractivity contribution in [2.45, 2.75) is 33.9 Å². The van der Waals surface area contributed by atoms with Crippen molar-refractivity contribution < 1.29 is 0 Å². The van der Waals surface area contributed by atoms with E-state index in [-0.39, 0.29) is 0 Å². The largest absolute Gasteiger partial charge is 0.366 e. The number of hydrogen-bond donors (Lipinski definition) is 2. The standard InChI is InChI=1S/C21H24N4/c1-15-7-9-18(10-8-15)13-22-20-12-21(25-17(3)24-20)23-14-19-6-4-5-16(2)11-19/h4-12H,13-14H2,1-3H3,(H2,22,23,24,25). The molecule has 128 valence electrons. The molecule has 0 fully saturated rings. The van der Waals surface area contributed by atoms with Gasteiger partial charge in [-0.3, -0.25) is 0 Å². The Hall–Kier alpha value is -2.88. The van der Waals surface area contributed by atoms with Gasteiger partial charge in [0, 0.05) is 19.2 Å². The van der Waals surface area contributed by atoms with Crippen molar-refractivity contribution in [1.29, 1.82) is 0 Å². The van der Waals surface area contributed by atoms with Gasteiger partial charge in [-0.1, -0.05) is 59.7 Å². The number of benzene rings is 2. The molecule has 2 N–H and O–H groups in total. The number of nitrogens with one attached hydrogen (secondary N) is 2. The number of hydrogen-bond acceptors (Lipinski definition) is 4. The van der Waals surface area contributed by atoms with E-state index < -0.39 is 0 Å². The molecule has 1 aromatic heterocycles. The van der Waals surface area contributed by atoms with Gasteiger partial charge < -0.3 is 10.6 Å². The zero-order valence-electron chi connectivity index (χ0n) is 15.0. The van der Waals surface area contributed by atoms with Crippen LogP contribution in [0.25, 0.3) is 0 Å². The molecule has 0 saturated carbocycles. The first kappa shape index (κ1) is 17.0. The Bertz CT molecular complexity index is 841. The van der Waals surface area contributed by atoms with E-state index in [1.165, 1.54) is 22.3 Å². The van der Waals surface area contributed by atoms with E-state index in [1.807, 2.05) is 13.0 Å². The van der Waals surface area contributed by atoms with E-state index in [1.54, 1.807) is 0 Å². The summed E-state index contributed by atoms with van der Waals surface area (Å²) in [6.07, 6.45) is 0. The molecule has 2 aromatic carbocycles. The predicted octanol–water partition coefficient (Wildman–Crippen LogP) is 4.63. The molecule has 0 aliphatic heterocycles. The minimum atomic E-state index is 0.744. The number of aromatic nitrogens is 2. The molecule has 0 aliphatic carbocycles. The topological polar surface area (TPSA) is 49.8 Å². The van der Waals surface area contributed by atoms with Crippen molar-refractivity contribution >= 4 is 11.6 Å². The first-order valence-corrected chi connectivity index (χ1v) is 8.53. The van der Waals surface area contributed by atoms with Gasteiger partial charge in [0.15, 0.2) is 0 Å². The van der Waals surface area contributed by atoms with Crippen molar-refractivity contribution in [2.24, 2.45) is 0 Å². The lowest BCUT2D eigenvalue weighted by Crippen LogP contribution is -2.07. The quantitative estimate of drug-likeness (QED) is 0.691. The first-order valence-electron chi connectivity index (χ1n) is 8.53. The van der Waals surface area contributed by atoms with Crippen LogP contribution in [-0.2, 0) is 13.1 Å². The van der Waals surface area contributed by atoms with Crippen LogP contribution in [0, 0.1) is 20.8 Å². The van der Waals surface area contributed by atoms with Crippen LogP contribution in [0.3, 0.4) is 0 Å². The Morgan fingerprint density at radius 1 is 0.680 bits per heavy atom. The van der Waals surface area contributed by atoms with Crippen LogP contribution in [-0.4, -0.2) is 9.97 Å². The maximum Gasteiger partial charge on any atom is 0.132 e. The third kappa shape index (κ3) is 5.05. The summed E-state index contributed by atoms with van der Waals surface area (Å²) in [7, 11) is 0. The van der Waals surface area contributed by atoms with Crippen LogP contribution < -0.4 is 10.6 Å². The molecule has 4 nitrogen and oxygen atoms in total. The number of rotatable bonds is 6. The Labute approximate surface area is 149 Å². The summed E-state index contributed by atoms with van der Waals surface area (Å²) in [6, 6.07) is 18.9. The van der Waals surface area contributed by atoms with E-state index in [9.17, 15) is 0 Å². The van der Waals surface area contributed by atoms with Gasteiger partial charge in [-0.15, -0.1) is 0 Å². The summed E-state index contributed by atoms with van der Waals surface area (Å²) in [6.45, 7) is 7.60. The van der Waals surface area contributed by atoms with E-state index in [2.05, 4.69) is 83.0 Å². The molecule has 0 unspecified atom stereocenters. The molecule has 0 spiro atoms. The molecular formula is C21H24N4. The molecule has 25 heavy (non-hydrogen) atoms. The van der Waals surface area contributed by atoms with Gasteiger partial charge in [0.2, 0.25) is 0 Å². The SMILES string of the molecule is Cc1ccc(CNc2cc(NCc3cccc(C)c3)nc(C)n2)cc1. The second-order valence-electron chi connectivity index (χ2n) is 6.37. The monoisotopic (exact) mass is 332 g/mol. The molecule has 0 bridgehead atoms. The van der Waals surface area contributed by atoms with Gasteiger partial charge in [-0.2, -0.15) is 0 Å². The molecule has 3 rings (SSSR count). The fraction of sp³-hybridized carbons (Fsp3) is 0.238. The Kier molecular flexibility index (Phi) is 5.29. The van der Waals surface area contributed by atoms with Gasteiger partial charge in [0.05, 0.1) is 0 Å². The molecule has 0 saturated heterocycles. The summed E-state index contributed by atoms with van der Waals surface area (Å²) >= 11 is 0. The number of nitrogens with zero attached hydrogens (tertiary/aromatic N) is 2. The normalized spacial score (nSPS) is 10.5. The van der Waals surface area contributed by atoms with Crippen LogP contribution in [0.5, 0.6) is 0 Å². The molecule has 0 amide bonds. The highest BCUT2D eigenvalue weighted by Crippen LogP contribution is 2.14. The smallest absolute Gasteiger partial charge is 0.132 e. The second-order valence-corrected chi connectivity index (χ2v) is 6.37. The summed E-state index contributed by atoms with van der Waals surface area (Å²) in [5.74, 6) is 2.42. The third-order valence-electron chi connectivity index (χ3n) is 3.99. The summed E-state index contributed by atoms with van der Waals surface area (Å²) in [5.41, 5.74) is 5.00. The third-order valence-corrected chi connectivity index (χ3v) is 3.99. The average Bonchev–Trinajstić information content (AvgIpc) is 2.59. The van der Waals surface area contributed by atoms with Crippen LogP contribution in [0.15, 0.2) is 54.6 Å². The Balaban J connectivity index is 1.64. The lowest BCUT2D eigenvalue weighted by atomic mass is 10.1. The zero-order chi connectivity index (χ0) is 17.6. The van der Waals surface area contributed by atoms with E-state index in [0.29, 0.717) is 0 Å². The lowest BCUT2D eigenvalue weighted by molar-refractivity contribution is 1.00. The Morgan fingerprint density at radius 2 is 1.32 bits per heavy atom. The maximum absolute atomic E-state index is 4.48. The average molecular weight is 332 g/mol. The molecule has 0 radical (unpaired) electrons. The van der Waals surface area contributed by atoms with Crippen molar-refractivity contribution in [3.63, 3.8) is 0 Å². The zero-order valence-corrected chi connectivity index (χ0v) is 15.0. The summed E-state index contributed by atoms with van der Waals surface area (Å²) in [5, 5.41) is 6.76.